The number of hydrogen-bond acceptors (Lipinski definition) is 3. The van der Waals surface area contributed by atoms with Crippen molar-refractivity contribution in [2.45, 2.75) is 38.3 Å². The predicted octanol–water partition coefficient (Wildman–Crippen LogP) is 2.51. The minimum absolute atomic E-state index is 0.465. The summed E-state index contributed by atoms with van der Waals surface area (Å²) in [7, 11) is 1.64. The quantitative estimate of drug-likeness (QED) is 0.780. The second-order valence-electron chi connectivity index (χ2n) is 5.05. The Bertz CT molecular complexity index is 377. The summed E-state index contributed by atoms with van der Waals surface area (Å²) in [6.07, 6.45) is 3.34. The van der Waals surface area contributed by atoms with Crippen LogP contribution in [-0.4, -0.2) is 24.8 Å². The number of nitrogens with one attached hydrogen (secondary N) is 1. The van der Waals surface area contributed by atoms with Crippen LogP contribution in [0.3, 0.4) is 0 Å². The topological polar surface area (TPSA) is 41.5 Å². The first kappa shape index (κ1) is 13.4. The minimum Gasteiger partial charge on any atom is -0.497 e. The molecule has 2 unspecified atom stereocenters. The second-order valence-corrected chi connectivity index (χ2v) is 5.05. The molecule has 3 heteroatoms. The van der Waals surface area contributed by atoms with Gasteiger partial charge >= 0.3 is 0 Å². The molecule has 0 heterocycles. The zero-order valence-corrected chi connectivity index (χ0v) is 11.2. The van der Waals surface area contributed by atoms with Gasteiger partial charge in [0.05, 0.1) is 13.2 Å². The summed E-state index contributed by atoms with van der Waals surface area (Å²) < 4.78 is 5.17. The Hall–Kier alpha value is -1.06. The molecule has 1 aromatic rings. The summed E-state index contributed by atoms with van der Waals surface area (Å²) in [5.41, 5.74) is 0.910. The molecule has 1 fully saturated rings. The Morgan fingerprint density at radius 1 is 1.44 bits per heavy atom. The standard InChI is InChI=1S/C15H23NO2/c1-3-14(11-7-8-11)16-10-15(17)12-5-4-6-13(9-12)18-2/h4-6,9,11,14-17H,3,7-8,10H2,1-2H3. The molecule has 3 nitrogen and oxygen atoms in total. The first-order chi connectivity index (χ1) is 8.74. The van der Waals surface area contributed by atoms with Crippen LogP contribution in [0.25, 0.3) is 0 Å². The van der Waals surface area contributed by atoms with Crippen molar-refractivity contribution in [3.05, 3.63) is 29.8 Å². The number of benzene rings is 1. The summed E-state index contributed by atoms with van der Waals surface area (Å²) in [5, 5.41) is 13.6. The fraction of sp³-hybridized carbons (Fsp3) is 0.600. The second kappa shape index (κ2) is 6.21. The molecule has 0 spiro atoms. The molecule has 0 bridgehead atoms. The van der Waals surface area contributed by atoms with E-state index in [-0.39, 0.29) is 0 Å². The Balaban J connectivity index is 1.87. The van der Waals surface area contributed by atoms with Crippen LogP contribution in [0, 0.1) is 5.92 Å². The average Bonchev–Trinajstić information content (AvgIpc) is 3.24. The van der Waals surface area contributed by atoms with Crippen molar-refractivity contribution in [3.8, 4) is 5.75 Å². The van der Waals surface area contributed by atoms with Crippen LogP contribution < -0.4 is 10.1 Å². The summed E-state index contributed by atoms with van der Waals surface area (Å²) in [5.74, 6) is 1.62. The maximum Gasteiger partial charge on any atom is 0.119 e. The molecule has 1 aliphatic carbocycles. The van der Waals surface area contributed by atoms with Gasteiger partial charge in [-0.15, -0.1) is 0 Å². The molecule has 2 rings (SSSR count). The summed E-state index contributed by atoms with van der Waals surface area (Å²) in [6, 6.07) is 8.19. The van der Waals surface area contributed by atoms with Crippen LogP contribution in [-0.2, 0) is 0 Å². The van der Waals surface area contributed by atoms with E-state index in [2.05, 4.69) is 12.2 Å². The van der Waals surface area contributed by atoms with E-state index in [1.54, 1.807) is 7.11 Å². The molecular formula is C15H23NO2. The van der Waals surface area contributed by atoms with E-state index in [0.717, 1.165) is 23.7 Å². The van der Waals surface area contributed by atoms with Crippen molar-refractivity contribution in [2.75, 3.05) is 13.7 Å². The van der Waals surface area contributed by atoms with Gasteiger partial charge in [-0.3, -0.25) is 0 Å². The van der Waals surface area contributed by atoms with Crippen molar-refractivity contribution >= 4 is 0 Å². The largest absolute Gasteiger partial charge is 0.497 e. The average molecular weight is 249 g/mol. The van der Waals surface area contributed by atoms with Gasteiger partial charge in [-0.05, 0) is 42.9 Å². The number of hydrogen-bond donors (Lipinski definition) is 2. The molecule has 2 atom stereocenters. The zero-order valence-electron chi connectivity index (χ0n) is 11.2. The van der Waals surface area contributed by atoms with E-state index in [4.69, 9.17) is 4.74 Å². The Morgan fingerprint density at radius 2 is 2.22 bits per heavy atom. The molecule has 0 aromatic heterocycles. The molecule has 0 amide bonds. The molecule has 1 aromatic carbocycles. The van der Waals surface area contributed by atoms with Crippen molar-refractivity contribution < 1.29 is 9.84 Å². The SMILES string of the molecule is CCC(NCC(O)c1cccc(OC)c1)C1CC1. The van der Waals surface area contributed by atoms with Gasteiger partial charge in [0, 0.05) is 12.6 Å². The van der Waals surface area contributed by atoms with Crippen molar-refractivity contribution in [1.82, 2.24) is 5.32 Å². The summed E-state index contributed by atoms with van der Waals surface area (Å²) >= 11 is 0. The molecule has 18 heavy (non-hydrogen) atoms. The number of aliphatic hydroxyl groups excluding tert-OH is 1. The fourth-order valence-electron chi connectivity index (χ4n) is 2.37. The number of ether oxygens (including phenoxy) is 1. The van der Waals surface area contributed by atoms with E-state index in [0.29, 0.717) is 12.6 Å². The van der Waals surface area contributed by atoms with Gasteiger partial charge in [0.1, 0.15) is 5.75 Å². The lowest BCUT2D eigenvalue weighted by Gasteiger charge is -2.19. The van der Waals surface area contributed by atoms with E-state index < -0.39 is 6.10 Å². The third-order valence-electron chi connectivity index (χ3n) is 3.68. The van der Waals surface area contributed by atoms with Gasteiger partial charge < -0.3 is 15.2 Å². The minimum atomic E-state index is -0.465. The van der Waals surface area contributed by atoms with Crippen molar-refractivity contribution in [3.63, 3.8) is 0 Å². The first-order valence-electron chi connectivity index (χ1n) is 6.80. The Labute approximate surface area is 109 Å². The van der Waals surface area contributed by atoms with Crippen LogP contribution in [0.2, 0.25) is 0 Å². The first-order valence-corrected chi connectivity index (χ1v) is 6.80. The molecule has 0 saturated heterocycles. The highest BCUT2D eigenvalue weighted by Crippen LogP contribution is 2.34. The van der Waals surface area contributed by atoms with Crippen LogP contribution in [0.4, 0.5) is 0 Å². The zero-order chi connectivity index (χ0) is 13.0. The van der Waals surface area contributed by atoms with Gasteiger partial charge in [0.15, 0.2) is 0 Å². The maximum atomic E-state index is 10.2. The molecule has 0 radical (unpaired) electrons. The van der Waals surface area contributed by atoms with Crippen LogP contribution in [0.1, 0.15) is 37.9 Å². The highest BCUT2D eigenvalue weighted by molar-refractivity contribution is 5.29. The Kier molecular flexibility index (Phi) is 4.61. The van der Waals surface area contributed by atoms with E-state index in [9.17, 15) is 5.11 Å². The maximum absolute atomic E-state index is 10.2. The smallest absolute Gasteiger partial charge is 0.119 e. The fourth-order valence-corrected chi connectivity index (χ4v) is 2.37. The highest BCUT2D eigenvalue weighted by atomic mass is 16.5. The molecule has 2 N–H and O–H groups in total. The number of aliphatic hydroxyl groups is 1. The number of methoxy groups -OCH3 is 1. The van der Waals surface area contributed by atoms with Gasteiger partial charge in [-0.2, -0.15) is 0 Å². The van der Waals surface area contributed by atoms with Gasteiger partial charge in [-0.1, -0.05) is 19.1 Å². The molecule has 100 valence electrons. The summed E-state index contributed by atoms with van der Waals surface area (Å²) in [6.45, 7) is 2.82. The van der Waals surface area contributed by atoms with Crippen LogP contribution in [0.15, 0.2) is 24.3 Å². The molecule has 0 aliphatic heterocycles. The third kappa shape index (κ3) is 3.47. The van der Waals surface area contributed by atoms with Crippen LogP contribution >= 0.6 is 0 Å². The van der Waals surface area contributed by atoms with Crippen molar-refractivity contribution in [1.29, 1.82) is 0 Å². The monoisotopic (exact) mass is 249 g/mol. The highest BCUT2D eigenvalue weighted by Gasteiger charge is 2.29. The van der Waals surface area contributed by atoms with Crippen molar-refractivity contribution in [2.24, 2.45) is 5.92 Å². The van der Waals surface area contributed by atoms with Gasteiger partial charge in [-0.25, -0.2) is 0 Å². The third-order valence-corrected chi connectivity index (χ3v) is 3.68. The Morgan fingerprint density at radius 3 is 2.83 bits per heavy atom. The lowest BCUT2D eigenvalue weighted by molar-refractivity contribution is 0.167. The van der Waals surface area contributed by atoms with E-state index in [1.165, 1.54) is 12.8 Å². The molecule has 1 saturated carbocycles. The molecular weight excluding hydrogens is 226 g/mol. The van der Waals surface area contributed by atoms with Crippen LogP contribution in [0.5, 0.6) is 5.75 Å². The van der Waals surface area contributed by atoms with E-state index >= 15 is 0 Å². The molecule has 1 aliphatic rings. The number of rotatable bonds is 7. The lowest BCUT2D eigenvalue weighted by Crippen LogP contribution is -2.33. The predicted molar refractivity (Wildman–Crippen MR) is 72.8 cm³/mol. The van der Waals surface area contributed by atoms with Gasteiger partial charge in [0.2, 0.25) is 0 Å². The van der Waals surface area contributed by atoms with Gasteiger partial charge in [0.25, 0.3) is 0 Å². The normalized spacial score (nSPS) is 18.4. The van der Waals surface area contributed by atoms with E-state index in [1.807, 2.05) is 24.3 Å². The lowest BCUT2D eigenvalue weighted by atomic mass is 10.1. The summed E-state index contributed by atoms with van der Waals surface area (Å²) in [4.78, 5) is 0.